The number of rotatable bonds is 7. The quantitative estimate of drug-likeness (QED) is 0.811. The third kappa shape index (κ3) is 3.90. The summed E-state index contributed by atoms with van der Waals surface area (Å²) in [6.45, 7) is 0.981. The van der Waals surface area contributed by atoms with Crippen LogP contribution in [0.5, 0.6) is 0 Å². The zero-order valence-electron chi connectivity index (χ0n) is 11.5. The molecule has 0 bridgehead atoms. The molecule has 0 spiro atoms. The Bertz CT molecular complexity index is 534. The van der Waals surface area contributed by atoms with E-state index in [4.69, 9.17) is 0 Å². The van der Waals surface area contributed by atoms with E-state index in [2.05, 4.69) is 22.1 Å². The lowest BCUT2D eigenvalue weighted by atomic mass is 9.93. The molecule has 1 aromatic carbocycles. The van der Waals surface area contributed by atoms with Gasteiger partial charge in [-0.2, -0.15) is 11.3 Å². The van der Waals surface area contributed by atoms with Crippen LogP contribution >= 0.6 is 11.3 Å². The minimum absolute atomic E-state index is 0.0748. The van der Waals surface area contributed by atoms with Crippen molar-refractivity contribution in [1.82, 2.24) is 5.32 Å². The fraction of sp³-hybridized carbons (Fsp3) is 0.412. The van der Waals surface area contributed by atoms with Crippen molar-refractivity contribution in [3.8, 4) is 0 Å². The van der Waals surface area contributed by atoms with Gasteiger partial charge in [-0.25, -0.2) is 4.39 Å². The molecule has 0 amide bonds. The number of nitrogens with one attached hydrogen (secondary N) is 1. The fourth-order valence-corrected chi connectivity index (χ4v) is 3.24. The molecule has 0 aliphatic heterocycles. The molecule has 1 unspecified atom stereocenters. The van der Waals surface area contributed by atoms with E-state index in [-0.39, 0.29) is 5.82 Å². The van der Waals surface area contributed by atoms with Crippen molar-refractivity contribution in [2.45, 2.75) is 31.7 Å². The molecular formula is C17H20FNS. The minimum atomic E-state index is -0.0748. The highest BCUT2D eigenvalue weighted by Gasteiger charge is 2.22. The van der Waals surface area contributed by atoms with Crippen LogP contribution in [0.1, 0.15) is 24.0 Å². The summed E-state index contributed by atoms with van der Waals surface area (Å²) in [6, 6.07) is 10.0. The maximum atomic E-state index is 13.8. The van der Waals surface area contributed by atoms with Crippen molar-refractivity contribution in [2.75, 3.05) is 6.54 Å². The Hall–Kier alpha value is -1.19. The molecule has 3 rings (SSSR count). The first-order valence-electron chi connectivity index (χ1n) is 7.29. The van der Waals surface area contributed by atoms with Crippen molar-refractivity contribution in [1.29, 1.82) is 0 Å². The predicted octanol–water partition coefficient (Wildman–Crippen LogP) is 4.04. The molecule has 0 radical (unpaired) electrons. The van der Waals surface area contributed by atoms with Gasteiger partial charge in [0.2, 0.25) is 0 Å². The molecular weight excluding hydrogens is 269 g/mol. The van der Waals surface area contributed by atoms with Gasteiger partial charge >= 0.3 is 0 Å². The van der Waals surface area contributed by atoms with Gasteiger partial charge in [-0.05, 0) is 72.2 Å². The molecule has 106 valence electrons. The molecule has 2 aromatic rings. The van der Waals surface area contributed by atoms with Gasteiger partial charge in [0.05, 0.1) is 0 Å². The van der Waals surface area contributed by atoms with Crippen molar-refractivity contribution < 1.29 is 4.39 Å². The average molecular weight is 289 g/mol. The SMILES string of the molecule is Fc1ccccc1CC(CNC1CC1)Cc1ccsc1. The Kier molecular flexibility index (Phi) is 4.48. The highest BCUT2D eigenvalue weighted by atomic mass is 32.1. The van der Waals surface area contributed by atoms with Gasteiger partial charge in [-0.1, -0.05) is 18.2 Å². The summed E-state index contributed by atoms with van der Waals surface area (Å²) in [4.78, 5) is 0. The van der Waals surface area contributed by atoms with Gasteiger partial charge in [0, 0.05) is 6.04 Å². The largest absolute Gasteiger partial charge is 0.314 e. The van der Waals surface area contributed by atoms with Gasteiger partial charge in [-0.15, -0.1) is 0 Å². The molecule has 1 nitrogen and oxygen atoms in total. The van der Waals surface area contributed by atoms with Crippen LogP contribution in [0.4, 0.5) is 4.39 Å². The Morgan fingerprint density at radius 3 is 2.75 bits per heavy atom. The minimum Gasteiger partial charge on any atom is -0.314 e. The second kappa shape index (κ2) is 6.51. The highest BCUT2D eigenvalue weighted by molar-refractivity contribution is 7.07. The number of halogens is 1. The molecule has 1 aliphatic carbocycles. The fourth-order valence-electron chi connectivity index (χ4n) is 2.55. The molecule has 1 aliphatic rings. The molecule has 1 fully saturated rings. The summed E-state index contributed by atoms with van der Waals surface area (Å²) in [5.74, 6) is 0.386. The maximum Gasteiger partial charge on any atom is 0.126 e. The summed E-state index contributed by atoms with van der Waals surface area (Å²) in [5.41, 5.74) is 2.21. The zero-order chi connectivity index (χ0) is 13.8. The molecule has 1 atom stereocenters. The molecule has 0 saturated heterocycles. The van der Waals surface area contributed by atoms with E-state index >= 15 is 0 Å². The predicted molar refractivity (Wildman–Crippen MR) is 82.6 cm³/mol. The normalized spacial score (nSPS) is 16.2. The number of hydrogen-bond acceptors (Lipinski definition) is 2. The summed E-state index contributed by atoms with van der Waals surface area (Å²) < 4.78 is 13.8. The smallest absolute Gasteiger partial charge is 0.126 e. The monoisotopic (exact) mass is 289 g/mol. The van der Waals surface area contributed by atoms with Crippen molar-refractivity contribution >= 4 is 11.3 Å². The first-order chi connectivity index (χ1) is 9.81. The van der Waals surface area contributed by atoms with Gasteiger partial charge < -0.3 is 5.32 Å². The van der Waals surface area contributed by atoms with Crippen LogP contribution in [0.15, 0.2) is 41.1 Å². The lowest BCUT2D eigenvalue weighted by molar-refractivity contribution is 0.459. The van der Waals surface area contributed by atoms with Crippen LogP contribution < -0.4 is 5.32 Å². The molecule has 1 heterocycles. The third-order valence-corrected chi connectivity index (χ3v) is 4.58. The summed E-state index contributed by atoms with van der Waals surface area (Å²) >= 11 is 1.73. The van der Waals surface area contributed by atoms with E-state index in [0.29, 0.717) is 12.0 Å². The van der Waals surface area contributed by atoms with Crippen LogP contribution in [0.3, 0.4) is 0 Å². The Labute approximate surface area is 123 Å². The topological polar surface area (TPSA) is 12.0 Å². The maximum absolute atomic E-state index is 13.8. The number of benzene rings is 1. The van der Waals surface area contributed by atoms with E-state index in [1.165, 1.54) is 18.4 Å². The first kappa shape index (κ1) is 13.8. The second-order valence-electron chi connectivity index (χ2n) is 5.68. The van der Waals surface area contributed by atoms with Crippen LogP contribution in [0.25, 0.3) is 0 Å². The molecule has 1 aromatic heterocycles. The van der Waals surface area contributed by atoms with Crippen LogP contribution in [-0.4, -0.2) is 12.6 Å². The van der Waals surface area contributed by atoms with Gasteiger partial charge in [-0.3, -0.25) is 0 Å². The lowest BCUT2D eigenvalue weighted by Gasteiger charge is -2.17. The van der Waals surface area contributed by atoms with Gasteiger partial charge in [0.15, 0.2) is 0 Å². The average Bonchev–Trinajstić information content (AvgIpc) is 3.15. The summed E-state index contributed by atoms with van der Waals surface area (Å²) in [6.07, 6.45) is 4.43. The van der Waals surface area contributed by atoms with E-state index in [1.54, 1.807) is 23.5 Å². The zero-order valence-corrected chi connectivity index (χ0v) is 12.3. The molecule has 3 heteroatoms. The molecule has 20 heavy (non-hydrogen) atoms. The van der Waals surface area contributed by atoms with E-state index < -0.39 is 0 Å². The molecule has 1 N–H and O–H groups in total. The number of hydrogen-bond donors (Lipinski definition) is 1. The van der Waals surface area contributed by atoms with Crippen molar-refractivity contribution in [3.63, 3.8) is 0 Å². The Morgan fingerprint density at radius 1 is 1.20 bits per heavy atom. The van der Waals surface area contributed by atoms with Crippen LogP contribution in [0, 0.1) is 11.7 Å². The highest BCUT2D eigenvalue weighted by Crippen LogP contribution is 2.22. The van der Waals surface area contributed by atoms with Gasteiger partial charge in [0.25, 0.3) is 0 Å². The lowest BCUT2D eigenvalue weighted by Crippen LogP contribution is -2.27. The third-order valence-electron chi connectivity index (χ3n) is 3.84. The van der Waals surface area contributed by atoms with Crippen LogP contribution in [-0.2, 0) is 12.8 Å². The molecule has 1 saturated carbocycles. The van der Waals surface area contributed by atoms with Crippen molar-refractivity contribution in [3.05, 3.63) is 58.0 Å². The van der Waals surface area contributed by atoms with Crippen LogP contribution in [0.2, 0.25) is 0 Å². The van der Waals surface area contributed by atoms with E-state index in [0.717, 1.165) is 24.9 Å². The number of thiophene rings is 1. The standard InChI is InChI=1S/C17H20FNS/c18-17-4-2-1-3-15(17)10-14(11-19-16-5-6-16)9-13-7-8-20-12-13/h1-4,7-8,12,14,16,19H,5-6,9-11H2. The van der Waals surface area contributed by atoms with E-state index in [9.17, 15) is 4.39 Å². The second-order valence-corrected chi connectivity index (χ2v) is 6.46. The van der Waals surface area contributed by atoms with Gasteiger partial charge in [0.1, 0.15) is 5.82 Å². The van der Waals surface area contributed by atoms with E-state index in [1.807, 2.05) is 12.1 Å². The summed E-state index contributed by atoms with van der Waals surface area (Å²) in [7, 11) is 0. The Balaban J connectivity index is 1.65. The Morgan fingerprint density at radius 2 is 2.05 bits per heavy atom. The summed E-state index contributed by atoms with van der Waals surface area (Å²) in [5, 5.41) is 7.90. The first-order valence-corrected chi connectivity index (χ1v) is 8.23. The van der Waals surface area contributed by atoms with Crippen molar-refractivity contribution in [2.24, 2.45) is 5.92 Å².